The number of nitriles is 1. The van der Waals surface area contributed by atoms with Crippen molar-refractivity contribution >= 4 is 22.5 Å². The molecule has 0 saturated carbocycles. The number of benzene rings is 8. The third-order valence-corrected chi connectivity index (χ3v) is 12.5. The van der Waals surface area contributed by atoms with E-state index in [4.69, 9.17) is 15.0 Å². The predicted octanol–water partition coefficient (Wildman–Crippen LogP) is 12.4. The zero-order valence-corrected chi connectivity index (χ0v) is 30.8. The van der Waals surface area contributed by atoms with Crippen molar-refractivity contribution in [2.45, 2.75) is 15.2 Å². The van der Waals surface area contributed by atoms with Gasteiger partial charge in [-0.05, 0) is 61.8 Å². The van der Waals surface area contributed by atoms with Crippen LogP contribution in [0.15, 0.2) is 192 Å². The van der Waals surface area contributed by atoms with Crippen molar-refractivity contribution in [3.05, 3.63) is 210 Å². The average Bonchev–Trinajstić information content (AvgIpc) is 3.56. The van der Waals surface area contributed by atoms with E-state index in [1.807, 2.05) is 36.4 Å². The maximum absolute atomic E-state index is 10.3. The van der Waals surface area contributed by atoms with Gasteiger partial charge in [-0.1, -0.05) is 182 Å². The molecule has 1 aromatic heterocycles. The summed E-state index contributed by atoms with van der Waals surface area (Å²) in [6.45, 7) is 0. The molecule has 5 heteroatoms. The molecule has 1 aliphatic heterocycles. The fourth-order valence-electron chi connectivity index (χ4n) is 8.82. The fourth-order valence-corrected chi connectivity index (χ4v) is 10.2. The molecule has 0 atom stereocenters. The normalized spacial score (nSPS) is 13.1. The molecule has 0 radical (unpaired) electrons. The number of hydrogen-bond acceptors (Lipinski definition) is 5. The van der Waals surface area contributed by atoms with E-state index in [0.717, 1.165) is 48.4 Å². The van der Waals surface area contributed by atoms with Gasteiger partial charge in [0.15, 0.2) is 17.5 Å². The van der Waals surface area contributed by atoms with Gasteiger partial charge < -0.3 is 0 Å². The van der Waals surface area contributed by atoms with Gasteiger partial charge >= 0.3 is 0 Å². The van der Waals surface area contributed by atoms with Crippen molar-refractivity contribution in [2.75, 3.05) is 0 Å². The second kappa shape index (κ2) is 12.7. The smallest absolute Gasteiger partial charge is 0.165 e. The molecule has 2 aliphatic rings. The van der Waals surface area contributed by atoms with Crippen LogP contribution in [0.4, 0.5) is 0 Å². The van der Waals surface area contributed by atoms with E-state index in [1.54, 1.807) is 11.8 Å². The van der Waals surface area contributed by atoms with Gasteiger partial charge in [0.2, 0.25) is 0 Å². The molecular formula is C51H30N4S. The zero-order chi connectivity index (χ0) is 37.2. The highest BCUT2D eigenvalue weighted by Crippen LogP contribution is 2.64. The van der Waals surface area contributed by atoms with E-state index in [2.05, 4.69) is 152 Å². The van der Waals surface area contributed by atoms with Gasteiger partial charge in [0.1, 0.15) is 0 Å². The summed E-state index contributed by atoms with van der Waals surface area (Å²) in [5.41, 5.74) is 12.1. The summed E-state index contributed by atoms with van der Waals surface area (Å²) in [5.74, 6) is 1.85. The molecule has 9 aromatic rings. The second-order valence-corrected chi connectivity index (χ2v) is 15.2. The molecule has 2 heterocycles. The van der Waals surface area contributed by atoms with Crippen molar-refractivity contribution in [3.8, 4) is 62.5 Å². The Labute approximate surface area is 328 Å². The molecular weight excluding hydrogens is 701 g/mol. The molecule has 11 rings (SSSR count). The molecule has 8 aromatic carbocycles. The first kappa shape index (κ1) is 32.3. The van der Waals surface area contributed by atoms with Crippen LogP contribution in [0.1, 0.15) is 27.8 Å². The van der Waals surface area contributed by atoms with Crippen molar-refractivity contribution in [1.82, 2.24) is 15.0 Å². The summed E-state index contributed by atoms with van der Waals surface area (Å²) in [6.07, 6.45) is 0. The minimum atomic E-state index is -0.632. The standard InChI is InChI=1S/C51H30N4S/c52-31-36-18-6-7-19-37(36)40-22-12-26-44-46(40)56-47-41(23-13-27-45(47)51(44)42-24-10-8-20-38(42)39-21-9-11-25-43(39)51)50-54-48(33-15-2-1-3-16-33)53-49(55-50)35-29-28-32-14-4-5-17-34(32)30-35/h1-30H. The topological polar surface area (TPSA) is 62.5 Å². The number of aromatic nitrogens is 3. The minimum absolute atomic E-state index is 0.611. The fraction of sp³-hybridized carbons (Fsp3) is 0.0196. The Balaban J connectivity index is 1.23. The molecule has 0 bridgehead atoms. The second-order valence-electron chi connectivity index (χ2n) is 14.2. The van der Waals surface area contributed by atoms with Crippen molar-refractivity contribution < 1.29 is 0 Å². The van der Waals surface area contributed by atoms with E-state index in [0.29, 0.717) is 23.0 Å². The Morgan fingerprint density at radius 3 is 1.62 bits per heavy atom. The molecule has 0 N–H and O–H groups in total. The molecule has 4 nitrogen and oxygen atoms in total. The Hall–Kier alpha value is -7.13. The van der Waals surface area contributed by atoms with Gasteiger partial charge in [-0.25, -0.2) is 15.0 Å². The monoisotopic (exact) mass is 730 g/mol. The van der Waals surface area contributed by atoms with Crippen LogP contribution < -0.4 is 0 Å². The highest BCUT2D eigenvalue weighted by Gasteiger charge is 2.51. The quantitative estimate of drug-likeness (QED) is 0.180. The van der Waals surface area contributed by atoms with Gasteiger partial charge in [-0.3, -0.25) is 0 Å². The van der Waals surface area contributed by atoms with E-state index in [9.17, 15) is 5.26 Å². The van der Waals surface area contributed by atoms with Crippen molar-refractivity contribution in [1.29, 1.82) is 5.26 Å². The summed E-state index contributed by atoms with van der Waals surface area (Å²) >= 11 is 1.75. The molecule has 0 fully saturated rings. The first-order valence-electron chi connectivity index (χ1n) is 18.7. The zero-order valence-electron chi connectivity index (χ0n) is 30.0. The Morgan fingerprint density at radius 2 is 0.911 bits per heavy atom. The SMILES string of the molecule is N#Cc1ccccc1-c1cccc2c1Sc1c(-c3nc(-c4ccccc4)nc(-c4ccc5ccccc5c4)n3)cccc1C21c2ccccc2-c2ccccc21. The van der Waals surface area contributed by atoms with E-state index < -0.39 is 5.41 Å². The van der Waals surface area contributed by atoms with Gasteiger partial charge in [0, 0.05) is 32.0 Å². The lowest BCUT2D eigenvalue weighted by molar-refractivity contribution is 0.723. The Kier molecular flexibility index (Phi) is 7.35. The first-order chi connectivity index (χ1) is 27.7. The first-order valence-corrected chi connectivity index (χ1v) is 19.5. The van der Waals surface area contributed by atoms with E-state index in [1.165, 1.54) is 33.4 Å². The molecule has 1 aliphatic carbocycles. The summed E-state index contributed by atoms with van der Waals surface area (Å²) in [4.78, 5) is 17.9. The van der Waals surface area contributed by atoms with Gasteiger partial charge in [-0.15, -0.1) is 0 Å². The van der Waals surface area contributed by atoms with Crippen LogP contribution in [-0.4, -0.2) is 15.0 Å². The molecule has 0 amide bonds. The Bertz CT molecular complexity index is 3050. The van der Waals surface area contributed by atoms with Gasteiger partial charge in [0.05, 0.1) is 17.0 Å². The maximum atomic E-state index is 10.3. The third kappa shape index (κ3) is 4.76. The number of fused-ring (bicyclic) bond motifs is 10. The maximum Gasteiger partial charge on any atom is 0.165 e. The van der Waals surface area contributed by atoms with E-state index in [-0.39, 0.29) is 0 Å². The Morgan fingerprint density at radius 1 is 0.393 bits per heavy atom. The summed E-state index contributed by atoms with van der Waals surface area (Å²) in [7, 11) is 0. The number of hydrogen-bond donors (Lipinski definition) is 0. The van der Waals surface area contributed by atoms with Crippen LogP contribution in [-0.2, 0) is 5.41 Å². The molecule has 56 heavy (non-hydrogen) atoms. The highest BCUT2D eigenvalue weighted by atomic mass is 32.2. The van der Waals surface area contributed by atoms with Crippen LogP contribution in [0.3, 0.4) is 0 Å². The highest BCUT2D eigenvalue weighted by molar-refractivity contribution is 7.99. The lowest BCUT2D eigenvalue weighted by atomic mass is 9.66. The summed E-state index contributed by atoms with van der Waals surface area (Å²) in [6, 6.07) is 66.1. The van der Waals surface area contributed by atoms with E-state index >= 15 is 0 Å². The van der Waals surface area contributed by atoms with Crippen LogP contribution >= 0.6 is 11.8 Å². The molecule has 260 valence electrons. The minimum Gasteiger partial charge on any atom is -0.208 e. The van der Waals surface area contributed by atoms with Crippen LogP contribution in [0.5, 0.6) is 0 Å². The third-order valence-electron chi connectivity index (χ3n) is 11.2. The summed E-state index contributed by atoms with van der Waals surface area (Å²) < 4.78 is 0. The van der Waals surface area contributed by atoms with Crippen LogP contribution in [0.25, 0.3) is 67.2 Å². The van der Waals surface area contributed by atoms with Crippen molar-refractivity contribution in [2.24, 2.45) is 0 Å². The van der Waals surface area contributed by atoms with Gasteiger partial charge in [-0.2, -0.15) is 5.26 Å². The molecule has 0 saturated heterocycles. The largest absolute Gasteiger partial charge is 0.208 e. The average molecular weight is 731 g/mol. The lowest BCUT2D eigenvalue weighted by Gasteiger charge is -2.41. The number of nitrogens with zero attached hydrogens (tertiary/aromatic N) is 4. The van der Waals surface area contributed by atoms with Crippen LogP contribution in [0, 0.1) is 11.3 Å². The summed E-state index contributed by atoms with van der Waals surface area (Å²) in [5, 5.41) is 12.6. The van der Waals surface area contributed by atoms with Crippen molar-refractivity contribution in [3.63, 3.8) is 0 Å². The predicted molar refractivity (Wildman–Crippen MR) is 225 cm³/mol. The molecule has 0 unspecified atom stereocenters. The van der Waals surface area contributed by atoms with Gasteiger partial charge in [0.25, 0.3) is 0 Å². The van der Waals surface area contributed by atoms with Crippen LogP contribution in [0.2, 0.25) is 0 Å². The molecule has 1 spiro atoms. The lowest BCUT2D eigenvalue weighted by Crippen LogP contribution is -2.32. The number of rotatable bonds is 4.